The van der Waals surface area contributed by atoms with Gasteiger partial charge in [-0.05, 0) is 31.1 Å². The Kier molecular flexibility index (Phi) is 5.81. The lowest BCUT2D eigenvalue weighted by Crippen LogP contribution is -2.24. The van der Waals surface area contributed by atoms with Crippen molar-refractivity contribution < 1.29 is 9.84 Å². The largest absolute Gasteiger partial charge is 0.391 e. The van der Waals surface area contributed by atoms with Gasteiger partial charge in [0.1, 0.15) is 0 Å². The zero-order valence-electron chi connectivity index (χ0n) is 12.8. The minimum atomic E-state index is 0.0544. The van der Waals surface area contributed by atoms with Crippen molar-refractivity contribution >= 4 is 16.5 Å². The molecule has 2 rings (SSSR count). The van der Waals surface area contributed by atoms with Gasteiger partial charge in [0.2, 0.25) is 0 Å². The molecule has 1 saturated heterocycles. The summed E-state index contributed by atoms with van der Waals surface area (Å²) in [6, 6.07) is 0. The van der Waals surface area contributed by atoms with Crippen molar-refractivity contribution in [2.24, 2.45) is 11.8 Å². The molecule has 1 unspecified atom stereocenters. The van der Waals surface area contributed by atoms with E-state index in [-0.39, 0.29) is 6.61 Å². The summed E-state index contributed by atoms with van der Waals surface area (Å²) < 4.78 is 5.16. The van der Waals surface area contributed by atoms with Crippen LogP contribution in [0, 0.1) is 11.8 Å². The maximum atomic E-state index is 9.42. The van der Waals surface area contributed by atoms with Gasteiger partial charge in [-0.2, -0.15) is 0 Å². The summed E-state index contributed by atoms with van der Waals surface area (Å²) in [6.07, 6.45) is 3.79. The third-order valence-electron chi connectivity index (χ3n) is 4.18. The van der Waals surface area contributed by atoms with Gasteiger partial charge in [-0.3, -0.25) is 0 Å². The van der Waals surface area contributed by atoms with Gasteiger partial charge in [0.25, 0.3) is 0 Å². The van der Waals surface area contributed by atoms with Gasteiger partial charge in [-0.1, -0.05) is 25.2 Å². The average molecular weight is 298 g/mol. The lowest BCUT2D eigenvalue weighted by molar-refractivity contribution is 0.179. The van der Waals surface area contributed by atoms with Crippen LogP contribution in [-0.2, 0) is 18.0 Å². The Balaban J connectivity index is 2.07. The quantitative estimate of drug-likeness (QED) is 0.907. The van der Waals surface area contributed by atoms with E-state index in [4.69, 9.17) is 4.74 Å². The summed E-state index contributed by atoms with van der Waals surface area (Å²) in [5, 5.41) is 10.5. The van der Waals surface area contributed by atoms with E-state index in [1.54, 1.807) is 18.4 Å². The second kappa shape index (κ2) is 7.38. The van der Waals surface area contributed by atoms with Crippen LogP contribution in [-0.4, -0.2) is 30.3 Å². The molecule has 0 saturated carbocycles. The maximum Gasteiger partial charge on any atom is 0.185 e. The van der Waals surface area contributed by atoms with E-state index < -0.39 is 0 Å². The van der Waals surface area contributed by atoms with Gasteiger partial charge in [-0.25, -0.2) is 4.98 Å². The Morgan fingerprint density at radius 3 is 2.85 bits per heavy atom. The number of anilines is 1. The molecule has 5 heteroatoms. The zero-order valence-corrected chi connectivity index (χ0v) is 13.6. The molecule has 2 heterocycles. The molecule has 1 atom stereocenters. The molecule has 0 radical (unpaired) electrons. The molecule has 1 aromatic rings. The van der Waals surface area contributed by atoms with Gasteiger partial charge in [0, 0.05) is 20.2 Å². The molecule has 0 bridgehead atoms. The first-order valence-electron chi connectivity index (χ1n) is 7.49. The van der Waals surface area contributed by atoms with E-state index in [0.29, 0.717) is 6.61 Å². The fraction of sp³-hybridized carbons (Fsp3) is 0.800. The molecule has 1 aromatic heterocycles. The maximum absolute atomic E-state index is 9.42. The SMILES string of the molecule is COCc1nc(N2CCCC(C(C)C)CC2)sc1CO. The predicted molar refractivity (Wildman–Crippen MR) is 83.1 cm³/mol. The summed E-state index contributed by atoms with van der Waals surface area (Å²) in [7, 11) is 1.67. The molecule has 1 fully saturated rings. The minimum Gasteiger partial charge on any atom is -0.391 e. The number of rotatable bonds is 5. The number of thiazole rings is 1. The van der Waals surface area contributed by atoms with Crippen LogP contribution < -0.4 is 4.90 Å². The fourth-order valence-corrected chi connectivity index (χ4v) is 3.83. The third-order valence-corrected chi connectivity index (χ3v) is 5.32. The first-order chi connectivity index (χ1) is 9.65. The molecule has 114 valence electrons. The predicted octanol–water partition coefficient (Wildman–Crippen LogP) is 3.04. The summed E-state index contributed by atoms with van der Waals surface area (Å²) in [6.45, 7) is 7.34. The number of aliphatic hydroxyl groups excluding tert-OH is 1. The molecule has 0 aromatic carbocycles. The number of hydrogen-bond donors (Lipinski definition) is 1. The zero-order chi connectivity index (χ0) is 14.5. The Morgan fingerprint density at radius 1 is 1.40 bits per heavy atom. The minimum absolute atomic E-state index is 0.0544. The van der Waals surface area contributed by atoms with E-state index in [9.17, 15) is 5.11 Å². The monoisotopic (exact) mass is 298 g/mol. The first kappa shape index (κ1) is 15.7. The van der Waals surface area contributed by atoms with Crippen molar-refractivity contribution in [1.82, 2.24) is 4.98 Å². The van der Waals surface area contributed by atoms with Crippen LogP contribution >= 0.6 is 11.3 Å². The van der Waals surface area contributed by atoms with Gasteiger partial charge in [-0.15, -0.1) is 0 Å². The van der Waals surface area contributed by atoms with Crippen LogP contribution in [0.2, 0.25) is 0 Å². The molecular weight excluding hydrogens is 272 g/mol. The van der Waals surface area contributed by atoms with Crippen molar-refractivity contribution in [3.63, 3.8) is 0 Å². The number of hydrogen-bond acceptors (Lipinski definition) is 5. The molecular formula is C15H26N2O2S. The van der Waals surface area contributed by atoms with E-state index in [2.05, 4.69) is 23.7 Å². The van der Waals surface area contributed by atoms with Crippen molar-refractivity contribution in [3.8, 4) is 0 Å². The molecule has 0 amide bonds. The van der Waals surface area contributed by atoms with Crippen LogP contribution in [0.15, 0.2) is 0 Å². The van der Waals surface area contributed by atoms with Gasteiger partial charge in [0.05, 0.1) is 23.8 Å². The first-order valence-corrected chi connectivity index (χ1v) is 8.30. The number of nitrogens with zero attached hydrogens (tertiary/aromatic N) is 2. The molecule has 20 heavy (non-hydrogen) atoms. The topological polar surface area (TPSA) is 45.6 Å². The molecule has 0 spiro atoms. The smallest absolute Gasteiger partial charge is 0.185 e. The second-order valence-corrected chi connectivity index (χ2v) is 6.94. The summed E-state index contributed by atoms with van der Waals surface area (Å²) in [4.78, 5) is 7.98. The molecule has 1 N–H and O–H groups in total. The average Bonchev–Trinajstić information content (AvgIpc) is 2.67. The lowest BCUT2D eigenvalue weighted by atomic mass is 9.89. The summed E-state index contributed by atoms with van der Waals surface area (Å²) >= 11 is 1.61. The lowest BCUT2D eigenvalue weighted by Gasteiger charge is -2.20. The summed E-state index contributed by atoms with van der Waals surface area (Å²) in [5.41, 5.74) is 0.889. The van der Waals surface area contributed by atoms with Crippen LogP contribution in [0.5, 0.6) is 0 Å². The Bertz CT molecular complexity index is 420. The van der Waals surface area contributed by atoms with Crippen molar-refractivity contribution in [2.75, 3.05) is 25.1 Å². The standard InChI is InChI=1S/C15H26N2O2S/c1-11(2)12-5-4-7-17(8-6-12)15-16-13(10-19-3)14(9-18)20-15/h11-12,18H,4-10H2,1-3H3. The van der Waals surface area contributed by atoms with Crippen molar-refractivity contribution in [3.05, 3.63) is 10.6 Å². The van der Waals surface area contributed by atoms with Crippen LogP contribution in [0.25, 0.3) is 0 Å². The highest BCUT2D eigenvalue weighted by atomic mass is 32.1. The molecule has 4 nitrogen and oxygen atoms in total. The van der Waals surface area contributed by atoms with Crippen LogP contribution in [0.1, 0.15) is 43.7 Å². The molecule has 0 aliphatic carbocycles. The third kappa shape index (κ3) is 3.71. The summed E-state index contributed by atoms with van der Waals surface area (Å²) in [5.74, 6) is 1.60. The van der Waals surface area contributed by atoms with Gasteiger partial charge in [0.15, 0.2) is 5.13 Å². The molecule has 1 aliphatic heterocycles. The number of methoxy groups -OCH3 is 1. The Labute approximate surface area is 125 Å². The number of aromatic nitrogens is 1. The van der Waals surface area contributed by atoms with E-state index in [1.807, 2.05) is 0 Å². The molecule has 1 aliphatic rings. The van der Waals surface area contributed by atoms with Crippen LogP contribution in [0.3, 0.4) is 0 Å². The Hall–Kier alpha value is -0.650. The van der Waals surface area contributed by atoms with Crippen LogP contribution in [0.4, 0.5) is 5.13 Å². The second-order valence-electron chi connectivity index (χ2n) is 5.88. The van der Waals surface area contributed by atoms with Gasteiger partial charge >= 0.3 is 0 Å². The van der Waals surface area contributed by atoms with Crippen molar-refractivity contribution in [2.45, 2.75) is 46.3 Å². The van der Waals surface area contributed by atoms with E-state index in [1.165, 1.54) is 19.3 Å². The highest BCUT2D eigenvalue weighted by Crippen LogP contribution is 2.31. The van der Waals surface area contributed by atoms with E-state index in [0.717, 1.165) is 40.6 Å². The van der Waals surface area contributed by atoms with Crippen molar-refractivity contribution in [1.29, 1.82) is 0 Å². The highest BCUT2D eigenvalue weighted by Gasteiger charge is 2.22. The van der Waals surface area contributed by atoms with E-state index >= 15 is 0 Å². The normalized spacial score (nSPS) is 20.4. The highest BCUT2D eigenvalue weighted by molar-refractivity contribution is 7.15. The fourth-order valence-electron chi connectivity index (χ4n) is 2.86. The number of aliphatic hydroxyl groups is 1. The Morgan fingerprint density at radius 2 is 2.20 bits per heavy atom. The number of ether oxygens (including phenoxy) is 1. The van der Waals surface area contributed by atoms with Gasteiger partial charge < -0.3 is 14.7 Å².